The fourth-order valence-electron chi connectivity index (χ4n) is 3.85. The van der Waals surface area contributed by atoms with Crippen molar-refractivity contribution < 1.29 is 23.9 Å². The normalized spacial score (nSPS) is 15.4. The number of benzene rings is 2. The second kappa shape index (κ2) is 9.60. The van der Waals surface area contributed by atoms with E-state index in [-0.39, 0.29) is 12.2 Å². The number of hydrazone groups is 1. The fraction of sp³-hybridized carbons (Fsp3) is 0.375. The summed E-state index contributed by atoms with van der Waals surface area (Å²) in [6.45, 7) is 6.80. The largest absolute Gasteiger partial charge is 0.490 e. The molecule has 0 saturated carbocycles. The number of hydrogen-bond acceptors (Lipinski definition) is 7. The average molecular weight is 468 g/mol. The number of likely N-dealkylation sites (tertiary alicyclic amines) is 1. The SMILES string of the molecule is CC(C)(C)OC(=O)N1CCC(Oc2cccc(-c3onc4ccc(/C(N)=[NH+]/NN)cc34)c2)CC1. The number of nitrogen functional groups attached to an aromatic ring is 1. The number of nitrogens with zero attached hydrogens (tertiary/aromatic N) is 2. The third-order valence-corrected chi connectivity index (χ3v) is 5.49. The minimum Gasteiger partial charge on any atom is -0.490 e. The Bertz CT molecular complexity index is 1190. The monoisotopic (exact) mass is 467 g/mol. The molecule has 3 aromatic rings. The summed E-state index contributed by atoms with van der Waals surface area (Å²) >= 11 is 0. The number of amides is 1. The van der Waals surface area contributed by atoms with Crippen molar-refractivity contribution in [1.29, 1.82) is 0 Å². The lowest BCUT2D eigenvalue weighted by Gasteiger charge is -2.33. The molecule has 1 aliphatic rings. The lowest BCUT2D eigenvalue weighted by Crippen LogP contribution is -2.87. The minimum absolute atomic E-state index is 0.0104. The quantitative estimate of drug-likeness (QED) is 0.191. The molecule has 1 saturated heterocycles. The van der Waals surface area contributed by atoms with Crippen molar-refractivity contribution in [3.05, 3.63) is 48.0 Å². The van der Waals surface area contributed by atoms with E-state index in [2.05, 4.69) is 15.8 Å². The van der Waals surface area contributed by atoms with E-state index >= 15 is 0 Å². The van der Waals surface area contributed by atoms with Gasteiger partial charge in [0.25, 0.3) is 5.84 Å². The molecule has 1 aliphatic heterocycles. The second-order valence-corrected chi connectivity index (χ2v) is 9.24. The van der Waals surface area contributed by atoms with Crippen LogP contribution in [0.1, 0.15) is 39.2 Å². The van der Waals surface area contributed by atoms with Crippen molar-refractivity contribution in [3.8, 4) is 17.1 Å². The smallest absolute Gasteiger partial charge is 0.410 e. The van der Waals surface area contributed by atoms with Gasteiger partial charge in [0.1, 0.15) is 23.0 Å². The van der Waals surface area contributed by atoms with Crippen LogP contribution in [0.15, 0.2) is 47.0 Å². The molecule has 180 valence electrons. The maximum atomic E-state index is 12.3. The summed E-state index contributed by atoms with van der Waals surface area (Å²) in [4.78, 5) is 14.0. The number of ether oxygens (including phenoxy) is 2. The van der Waals surface area contributed by atoms with E-state index in [0.717, 1.165) is 35.1 Å². The third kappa shape index (κ3) is 5.40. The predicted molar refractivity (Wildman–Crippen MR) is 127 cm³/mol. The van der Waals surface area contributed by atoms with Gasteiger partial charge in [0.2, 0.25) is 0 Å². The van der Waals surface area contributed by atoms with E-state index in [1.54, 1.807) is 4.90 Å². The highest BCUT2D eigenvalue weighted by atomic mass is 16.6. The maximum absolute atomic E-state index is 12.3. The van der Waals surface area contributed by atoms with E-state index in [9.17, 15) is 4.79 Å². The van der Waals surface area contributed by atoms with Crippen molar-refractivity contribution in [2.45, 2.75) is 45.3 Å². The number of piperidine rings is 1. The summed E-state index contributed by atoms with van der Waals surface area (Å²) in [6, 6.07) is 13.3. The molecule has 1 aromatic heterocycles. The first-order valence-electron chi connectivity index (χ1n) is 11.2. The first kappa shape index (κ1) is 23.4. The molecule has 10 heteroatoms. The topological polar surface area (TPSA) is 143 Å². The molecule has 2 heterocycles. The molecule has 0 aliphatic carbocycles. The third-order valence-electron chi connectivity index (χ3n) is 5.49. The van der Waals surface area contributed by atoms with Crippen LogP contribution < -0.4 is 26.9 Å². The zero-order valence-electron chi connectivity index (χ0n) is 19.6. The van der Waals surface area contributed by atoms with Crippen LogP contribution in [0.25, 0.3) is 22.2 Å². The number of nitrogens with one attached hydrogen (secondary N) is 2. The van der Waals surface area contributed by atoms with Crippen LogP contribution in [0.4, 0.5) is 4.79 Å². The van der Waals surface area contributed by atoms with Crippen LogP contribution in [0, 0.1) is 0 Å². The molecule has 0 atom stereocenters. The van der Waals surface area contributed by atoms with Gasteiger partial charge in [-0.3, -0.25) is 5.73 Å². The molecule has 4 rings (SSSR count). The van der Waals surface area contributed by atoms with Gasteiger partial charge in [-0.1, -0.05) is 17.3 Å². The Hall–Kier alpha value is -3.79. The molecule has 1 amide bonds. The molecule has 1 fully saturated rings. The van der Waals surface area contributed by atoms with Gasteiger partial charge in [-0.05, 0) is 51.1 Å². The number of amidine groups is 1. The Morgan fingerprint density at radius 2 is 1.97 bits per heavy atom. The number of hydrazine groups is 2. The first-order valence-corrected chi connectivity index (χ1v) is 11.2. The van der Waals surface area contributed by atoms with Crippen LogP contribution in [0.2, 0.25) is 0 Å². The Kier molecular flexibility index (Phi) is 6.60. The van der Waals surface area contributed by atoms with Crippen LogP contribution in [0.5, 0.6) is 5.75 Å². The molecule has 2 aromatic carbocycles. The van der Waals surface area contributed by atoms with Crippen LogP contribution in [0.3, 0.4) is 0 Å². The van der Waals surface area contributed by atoms with Gasteiger partial charge in [0.15, 0.2) is 5.76 Å². The van der Waals surface area contributed by atoms with Crippen molar-refractivity contribution in [2.24, 2.45) is 11.6 Å². The Morgan fingerprint density at radius 1 is 1.21 bits per heavy atom. The number of carbonyl (C=O) groups excluding carboxylic acids is 1. The van der Waals surface area contributed by atoms with Crippen LogP contribution in [-0.2, 0) is 4.74 Å². The van der Waals surface area contributed by atoms with Crippen molar-refractivity contribution >= 4 is 22.8 Å². The standard InChI is InChI=1S/C24H30N6O4/c1-24(2,3)33-23(31)30-11-9-17(10-12-30)32-18-6-4-5-15(13-18)21-19-14-16(22(25)27-29-26)7-8-20(19)28-34-21/h4-8,13-14,17,29H,9-12,26H2,1-3H3,(H2,25,27)/p+1. The van der Waals surface area contributed by atoms with E-state index in [0.29, 0.717) is 30.2 Å². The van der Waals surface area contributed by atoms with E-state index in [4.69, 9.17) is 25.6 Å². The molecule has 0 bridgehead atoms. The van der Waals surface area contributed by atoms with E-state index < -0.39 is 5.60 Å². The summed E-state index contributed by atoms with van der Waals surface area (Å²) in [5, 5.41) is 7.65. The predicted octanol–water partition coefficient (Wildman–Crippen LogP) is 1.44. The van der Waals surface area contributed by atoms with Gasteiger partial charge in [-0.25, -0.2) is 10.6 Å². The van der Waals surface area contributed by atoms with Gasteiger partial charge in [0.05, 0.1) is 10.9 Å². The van der Waals surface area contributed by atoms with E-state index in [1.807, 2.05) is 63.2 Å². The number of fused-ring (bicyclic) bond motifs is 1. The van der Waals surface area contributed by atoms with Gasteiger partial charge < -0.3 is 18.9 Å². The summed E-state index contributed by atoms with van der Waals surface area (Å²) in [7, 11) is 0. The van der Waals surface area contributed by atoms with Crippen molar-refractivity contribution in [3.63, 3.8) is 0 Å². The number of hydrogen-bond donors (Lipinski definition) is 4. The second-order valence-electron chi connectivity index (χ2n) is 9.24. The summed E-state index contributed by atoms with van der Waals surface area (Å²) < 4.78 is 17.3. The summed E-state index contributed by atoms with van der Waals surface area (Å²) in [5.41, 5.74) is 10.1. The van der Waals surface area contributed by atoms with Crippen molar-refractivity contribution in [2.75, 3.05) is 13.1 Å². The number of carbonyl (C=O) groups is 1. The Morgan fingerprint density at radius 3 is 2.68 bits per heavy atom. The number of rotatable bonds is 5. The molecular formula is C24H31N6O4+. The van der Waals surface area contributed by atoms with E-state index in [1.165, 1.54) is 0 Å². The van der Waals surface area contributed by atoms with Crippen molar-refractivity contribution in [1.82, 2.24) is 15.6 Å². The summed E-state index contributed by atoms with van der Waals surface area (Å²) in [6.07, 6.45) is 1.20. The van der Waals surface area contributed by atoms with Gasteiger partial charge >= 0.3 is 6.09 Å². The number of nitrogens with two attached hydrogens (primary N) is 2. The molecule has 0 unspecified atom stereocenters. The highest BCUT2D eigenvalue weighted by Crippen LogP contribution is 2.32. The van der Waals surface area contributed by atoms with Crippen LogP contribution in [-0.4, -0.2) is 46.8 Å². The zero-order chi connectivity index (χ0) is 24.3. The number of aromatic nitrogens is 1. The lowest BCUT2D eigenvalue weighted by atomic mass is 10.1. The first-order chi connectivity index (χ1) is 16.2. The maximum Gasteiger partial charge on any atom is 0.410 e. The van der Waals surface area contributed by atoms with Gasteiger partial charge in [-0.15, -0.1) is 0 Å². The minimum atomic E-state index is -0.502. The van der Waals surface area contributed by atoms with Gasteiger partial charge in [0, 0.05) is 31.5 Å². The average Bonchev–Trinajstić information content (AvgIpc) is 3.22. The Labute approximate surface area is 197 Å². The summed E-state index contributed by atoms with van der Waals surface area (Å²) in [5.74, 6) is 7.02. The highest BCUT2D eigenvalue weighted by molar-refractivity contribution is 6.00. The molecule has 6 N–H and O–H groups in total. The van der Waals surface area contributed by atoms with Crippen LogP contribution >= 0.6 is 0 Å². The zero-order valence-corrected chi connectivity index (χ0v) is 19.6. The fourth-order valence-corrected chi connectivity index (χ4v) is 3.85. The molecule has 10 nitrogen and oxygen atoms in total. The Balaban J connectivity index is 1.46. The molecule has 0 radical (unpaired) electrons. The lowest BCUT2D eigenvalue weighted by molar-refractivity contribution is -0.528. The van der Waals surface area contributed by atoms with Gasteiger partial charge in [-0.2, -0.15) is 10.6 Å². The molecule has 34 heavy (non-hydrogen) atoms. The molecule has 0 spiro atoms. The highest BCUT2D eigenvalue weighted by Gasteiger charge is 2.27. The molecular weight excluding hydrogens is 436 g/mol.